The van der Waals surface area contributed by atoms with E-state index in [0.717, 1.165) is 0 Å². The van der Waals surface area contributed by atoms with Gasteiger partial charge in [0, 0.05) is 0 Å². The van der Waals surface area contributed by atoms with E-state index < -0.39 is 33.4 Å². The number of carbonyl (C=O) groups is 2. The molecule has 0 radical (unpaired) electrons. The van der Waals surface area contributed by atoms with E-state index >= 15 is 0 Å². The Kier molecular flexibility index (Phi) is 9.85. The second kappa shape index (κ2) is 11.6. The molecule has 0 atom stereocenters. The maximum absolute atomic E-state index is 11.3. The number of anilines is 1. The van der Waals surface area contributed by atoms with Gasteiger partial charge in [-0.25, -0.2) is 24.5 Å². The molecule has 2 aromatic heterocycles. The van der Waals surface area contributed by atoms with Crippen LogP contribution >= 0.6 is 46.4 Å². The molecule has 2 aromatic rings. The monoisotopic (exact) mass is 500 g/mol. The van der Waals surface area contributed by atoms with E-state index in [2.05, 4.69) is 24.7 Å². The molecule has 0 saturated carbocycles. The highest BCUT2D eigenvalue weighted by Gasteiger charge is 2.29. The van der Waals surface area contributed by atoms with Crippen LogP contribution in [0.4, 0.5) is 11.4 Å². The molecule has 30 heavy (non-hydrogen) atoms. The Bertz CT molecular complexity index is 976. The Hall–Kier alpha value is -2.54. The van der Waals surface area contributed by atoms with Crippen LogP contribution in [0, 0.1) is 10.1 Å². The van der Waals surface area contributed by atoms with E-state index in [1.165, 1.54) is 0 Å². The number of esters is 2. The van der Waals surface area contributed by atoms with Crippen LogP contribution in [0.15, 0.2) is 0 Å². The van der Waals surface area contributed by atoms with Crippen LogP contribution in [0.2, 0.25) is 20.9 Å². The molecule has 2 rings (SSSR count). The normalized spacial score (nSPS) is 9.93. The first-order valence-corrected chi connectivity index (χ1v) is 9.24. The van der Waals surface area contributed by atoms with Gasteiger partial charge in [0.15, 0.2) is 10.8 Å². The first-order valence-electron chi connectivity index (χ1n) is 7.73. The zero-order valence-electron chi connectivity index (χ0n) is 15.2. The second-order valence-electron chi connectivity index (χ2n) is 4.72. The molecule has 0 aliphatic carbocycles. The summed E-state index contributed by atoms with van der Waals surface area (Å²) >= 11 is 22.0. The van der Waals surface area contributed by atoms with Crippen LogP contribution in [-0.4, -0.2) is 50.0 Å². The molecule has 0 bridgehead atoms. The molecule has 162 valence electrons. The Labute approximate surface area is 188 Å². The van der Waals surface area contributed by atoms with E-state index in [1.54, 1.807) is 13.8 Å². The fourth-order valence-electron chi connectivity index (χ4n) is 1.68. The highest BCUT2D eigenvalue weighted by molar-refractivity contribution is 6.34. The van der Waals surface area contributed by atoms with Gasteiger partial charge in [-0.1, -0.05) is 23.2 Å². The third-order valence-electron chi connectivity index (χ3n) is 2.81. The Morgan fingerprint density at radius 1 is 0.900 bits per heavy atom. The minimum absolute atomic E-state index is 0.0329. The molecule has 0 unspecified atom stereocenters. The zero-order valence-corrected chi connectivity index (χ0v) is 18.2. The number of nitrogens with two attached hydrogens (primary N) is 1. The molecule has 0 aliphatic heterocycles. The summed E-state index contributed by atoms with van der Waals surface area (Å²) < 4.78 is 9.27. The Morgan fingerprint density at radius 3 is 1.80 bits per heavy atom. The number of aromatic nitrogens is 4. The summed E-state index contributed by atoms with van der Waals surface area (Å²) in [6.45, 7) is 3.49. The van der Waals surface area contributed by atoms with Gasteiger partial charge in [-0.05, 0) is 37.0 Å². The molecule has 0 spiro atoms. The van der Waals surface area contributed by atoms with Crippen molar-refractivity contribution in [1.82, 2.24) is 19.9 Å². The van der Waals surface area contributed by atoms with Crippen molar-refractivity contribution >= 4 is 69.7 Å². The SMILES string of the molecule is CCOC(=O)c1nc(Cl)nc(Cl)c1N.CCOC(=O)c1nc(Cl)nc(Cl)c1[N+](=O)[O-]. The summed E-state index contributed by atoms with van der Waals surface area (Å²) in [6, 6.07) is 0. The van der Waals surface area contributed by atoms with Crippen LogP contribution in [-0.2, 0) is 9.47 Å². The highest BCUT2D eigenvalue weighted by atomic mass is 35.5. The molecule has 16 heteroatoms. The molecule has 12 nitrogen and oxygen atoms in total. The molecular weight excluding hydrogens is 490 g/mol. The predicted octanol–water partition coefficient (Wildman–Crippen LogP) is 3.41. The average Bonchev–Trinajstić information content (AvgIpc) is 2.64. The third-order valence-corrected chi connectivity index (χ3v) is 3.70. The van der Waals surface area contributed by atoms with Crippen LogP contribution in [0.3, 0.4) is 0 Å². The molecule has 2 heterocycles. The molecular formula is C14H12Cl4N6O6. The van der Waals surface area contributed by atoms with Gasteiger partial charge in [-0.2, -0.15) is 4.98 Å². The largest absolute Gasteiger partial charge is 0.461 e. The second-order valence-corrected chi connectivity index (χ2v) is 6.12. The standard InChI is InChI=1S/C7H5Cl2N3O4.C7H7Cl2N3O2/c1-2-16-6(13)3-4(12(14)15)5(8)11-7(9)10-3;1-2-14-6(13)4-3(10)5(8)12-7(9)11-4/h2H2,1H3;2,10H2,1H3. The van der Waals surface area contributed by atoms with Gasteiger partial charge in [0.1, 0.15) is 5.69 Å². The number of nitrogen functional groups attached to an aromatic ring is 1. The maximum atomic E-state index is 11.3. The van der Waals surface area contributed by atoms with Crippen molar-refractivity contribution in [2.75, 3.05) is 18.9 Å². The molecule has 0 fully saturated rings. The van der Waals surface area contributed by atoms with Gasteiger partial charge in [0.2, 0.25) is 21.4 Å². The quantitative estimate of drug-likeness (QED) is 0.209. The van der Waals surface area contributed by atoms with Crippen LogP contribution in [0.5, 0.6) is 0 Å². The maximum Gasteiger partial charge on any atom is 0.364 e. The molecule has 0 aliphatic rings. The van der Waals surface area contributed by atoms with Gasteiger partial charge >= 0.3 is 17.6 Å². The number of hydrogen-bond acceptors (Lipinski definition) is 11. The summed E-state index contributed by atoms with van der Waals surface area (Å²) in [4.78, 5) is 46.4. The summed E-state index contributed by atoms with van der Waals surface area (Å²) in [6.07, 6.45) is 0. The minimum atomic E-state index is -0.972. The predicted molar refractivity (Wildman–Crippen MR) is 107 cm³/mol. The Balaban J connectivity index is 0.000000303. The van der Waals surface area contributed by atoms with E-state index in [1.807, 2.05) is 0 Å². The molecule has 2 N–H and O–H groups in total. The summed E-state index contributed by atoms with van der Waals surface area (Å²) in [7, 11) is 0. The number of ether oxygens (including phenoxy) is 2. The van der Waals surface area contributed by atoms with Gasteiger partial charge in [0.25, 0.3) is 0 Å². The molecule has 0 saturated heterocycles. The third kappa shape index (κ3) is 6.76. The average molecular weight is 502 g/mol. The van der Waals surface area contributed by atoms with Crippen LogP contribution in [0.25, 0.3) is 0 Å². The smallest absolute Gasteiger partial charge is 0.364 e. The van der Waals surface area contributed by atoms with Crippen molar-refractivity contribution in [2.45, 2.75) is 13.8 Å². The number of hydrogen-bond donors (Lipinski definition) is 1. The lowest BCUT2D eigenvalue weighted by molar-refractivity contribution is -0.385. The number of nitro groups is 1. The van der Waals surface area contributed by atoms with Gasteiger partial charge in [-0.15, -0.1) is 0 Å². The summed E-state index contributed by atoms with van der Waals surface area (Å²) in [5.74, 6) is -1.64. The highest BCUT2D eigenvalue weighted by Crippen LogP contribution is 2.27. The van der Waals surface area contributed by atoms with Gasteiger partial charge < -0.3 is 15.2 Å². The fourth-order valence-corrected chi connectivity index (χ4v) is 2.51. The van der Waals surface area contributed by atoms with Crippen molar-refractivity contribution in [2.24, 2.45) is 0 Å². The van der Waals surface area contributed by atoms with E-state index in [0.29, 0.717) is 0 Å². The lowest BCUT2D eigenvalue weighted by Crippen LogP contribution is -2.12. The number of halogens is 4. The van der Waals surface area contributed by atoms with E-state index in [9.17, 15) is 19.7 Å². The van der Waals surface area contributed by atoms with E-state index in [4.69, 9.17) is 56.9 Å². The minimum Gasteiger partial charge on any atom is -0.461 e. The zero-order chi connectivity index (χ0) is 23.0. The number of rotatable bonds is 5. The van der Waals surface area contributed by atoms with Crippen molar-refractivity contribution in [3.05, 3.63) is 42.4 Å². The lowest BCUT2D eigenvalue weighted by Gasteiger charge is -2.05. The number of nitrogens with zero attached hydrogens (tertiary/aromatic N) is 5. The summed E-state index contributed by atoms with van der Waals surface area (Å²) in [5.41, 5.74) is 4.04. The number of carbonyl (C=O) groups excluding carboxylic acids is 2. The van der Waals surface area contributed by atoms with E-state index in [-0.39, 0.29) is 40.3 Å². The van der Waals surface area contributed by atoms with Crippen LogP contribution in [0.1, 0.15) is 34.8 Å². The van der Waals surface area contributed by atoms with Gasteiger partial charge in [-0.3, -0.25) is 10.1 Å². The van der Waals surface area contributed by atoms with Gasteiger partial charge in [0.05, 0.1) is 18.1 Å². The lowest BCUT2D eigenvalue weighted by atomic mass is 10.3. The first kappa shape index (κ1) is 25.5. The van der Waals surface area contributed by atoms with Crippen molar-refractivity contribution in [1.29, 1.82) is 0 Å². The van der Waals surface area contributed by atoms with Crippen molar-refractivity contribution in [3.8, 4) is 0 Å². The first-order chi connectivity index (χ1) is 14.0. The Morgan fingerprint density at radius 2 is 1.33 bits per heavy atom. The van der Waals surface area contributed by atoms with Crippen molar-refractivity contribution < 1.29 is 24.0 Å². The molecule has 0 aromatic carbocycles. The summed E-state index contributed by atoms with van der Waals surface area (Å²) in [5, 5.41) is 9.58. The fraction of sp³-hybridized carbons (Fsp3) is 0.286. The van der Waals surface area contributed by atoms with Crippen molar-refractivity contribution in [3.63, 3.8) is 0 Å². The molecule has 0 amide bonds. The topological polar surface area (TPSA) is 173 Å². The van der Waals surface area contributed by atoms with Crippen LogP contribution < -0.4 is 5.73 Å².